The van der Waals surface area contributed by atoms with Crippen molar-refractivity contribution >= 4 is 82.8 Å². The van der Waals surface area contributed by atoms with Crippen LogP contribution in [0.2, 0.25) is 0 Å². The molecule has 0 aliphatic rings. The Balaban J connectivity index is 1.07. The summed E-state index contributed by atoms with van der Waals surface area (Å²) < 4.78 is 19.0. The quantitative estimate of drug-likeness (QED) is 0.183. The molecular formula is C47H28N2O3. The molecule has 5 heteroatoms. The third-order valence-corrected chi connectivity index (χ3v) is 10.1. The molecule has 0 aliphatic heterocycles. The summed E-state index contributed by atoms with van der Waals surface area (Å²) in [5.74, 6) is 0.590. The lowest BCUT2D eigenvalue weighted by atomic mass is 9.98. The lowest BCUT2D eigenvalue weighted by Crippen LogP contribution is -2.09. The number of hydrogen-bond donors (Lipinski definition) is 0. The number of oxazole rings is 1. The van der Waals surface area contributed by atoms with Gasteiger partial charge in [0, 0.05) is 56.3 Å². The third-order valence-electron chi connectivity index (χ3n) is 10.1. The lowest BCUT2D eigenvalue weighted by molar-refractivity contribution is 0.620. The fraction of sp³-hybridized carbons (Fsp3) is 0. The molecule has 3 heterocycles. The van der Waals surface area contributed by atoms with Crippen molar-refractivity contribution in [2.45, 2.75) is 0 Å². The molecule has 244 valence electrons. The van der Waals surface area contributed by atoms with Gasteiger partial charge in [-0.05, 0) is 88.6 Å². The van der Waals surface area contributed by atoms with Crippen LogP contribution in [0.25, 0.3) is 88.3 Å². The topological polar surface area (TPSA) is 55.6 Å². The van der Waals surface area contributed by atoms with E-state index in [1.165, 1.54) is 16.3 Å². The van der Waals surface area contributed by atoms with E-state index < -0.39 is 0 Å². The van der Waals surface area contributed by atoms with Crippen LogP contribution in [0, 0.1) is 0 Å². The smallest absolute Gasteiger partial charge is 0.227 e. The van der Waals surface area contributed by atoms with E-state index in [-0.39, 0.29) is 0 Å². The van der Waals surface area contributed by atoms with E-state index >= 15 is 0 Å². The molecule has 0 amide bonds. The zero-order chi connectivity index (χ0) is 34.2. The maximum atomic E-state index is 6.40. The van der Waals surface area contributed by atoms with E-state index in [0.717, 1.165) is 83.2 Å². The molecule has 0 aliphatic carbocycles. The first kappa shape index (κ1) is 28.7. The van der Waals surface area contributed by atoms with Gasteiger partial charge in [0.15, 0.2) is 5.58 Å². The van der Waals surface area contributed by atoms with Crippen LogP contribution in [-0.4, -0.2) is 4.98 Å². The Labute approximate surface area is 297 Å². The van der Waals surface area contributed by atoms with Crippen LogP contribution in [0.15, 0.2) is 183 Å². The molecule has 0 fully saturated rings. The molecule has 0 radical (unpaired) electrons. The molecule has 5 nitrogen and oxygen atoms in total. The van der Waals surface area contributed by atoms with E-state index in [1.54, 1.807) is 0 Å². The minimum Gasteiger partial charge on any atom is -0.456 e. The SMILES string of the molecule is c1ccc(-c2nc3cc4oc5ccc(N(c6ccc(-c7cccc8ccccc78)cc6)c6ccc7c(c6)oc6ccccc67)cc5c4cc3o2)cc1. The fourth-order valence-corrected chi connectivity index (χ4v) is 7.60. The first-order chi connectivity index (χ1) is 25.7. The van der Waals surface area contributed by atoms with Gasteiger partial charge >= 0.3 is 0 Å². The standard InChI is InChI=1S/C47H28N2O3/c1-2-10-31(11-3-1)47-48-41-28-45-40(27-46(41)52-47)39-25-33(22-24-43(39)51-45)49(34-21-23-38-37-14-6-7-16-42(37)50-44(38)26-34)32-19-17-30(18-20-32)36-15-8-12-29-9-4-5-13-35(29)36/h1-28H. The van der Waals surface area contributed by atoms with Crippen molar-refractivity contribution in [1.82, 2.24) is 4.98 Å². The molecule has 11 rings (SSSR count). The van der Waals surface area contributed by atoms with E-state index in [2.05, 4.69) is 114 Å². The highest BCUT2D eigenvalue weighted by Crippen LogP contribution is 2.42. The number of nitrogens with zero attached hydrogens (tertiary/aromatic N) is 2. The van der Waals surface area contributed by atoms with Crippen molar-refractivity contribution in [3.8, 4) is 22.6 Å². The van der Waals surface area contributed by atoms with Gasteiger partial charge in [-0.3, -0.25) is 0 Å². The van der Waals surface area contributed by atoms with Crippen LogP contribution in [0.3, 0.4) is 0 Å². The minimum atomic E-state index is 0.590. The van der Waals surface area contributed by atoms with Crippen LogP contribution in [0.5, 0.6) is 0 Å². The number of anilines is 3. The molecule has 11 aromatic rings. The Kier molecular flexibility index (Phi) is 6.18. The van der Waals surface area contributed by atoms with E-state index in [0.29, 0.717) is 5.89 Å². The van der Waals surface area contributed by atoms with E-state index in [1.807, 2.05) is 60.7 Å². The summed E-state index contributed by atoms with van der Waals surface area (Å²) in [6, 6.07) is 58.8. The second kappa shape index (κ2) is 11.2. The molecule has 3 aromatic heterocycles. The largest absolute Gasteiger partial charge is 0.456 e. The Morgan fingerprint density at radius 1 is 0.365 bits per heavy atom. The second-order valence-corrected chi connectivity index (χ2v) is 13.2. The molecule has 0 saturated carbocycles. The van der Waals surface area contributed by atoms with Gasteiger partial charge in [-0.2, -0.15) is 0 Å². The first-order valence-corrected chi connectivity index (χ1v) is 17.4. The Morgan fingerprint density at radius 3 is 1.90 bits per heavy atom. The molecule has 52 heavy (non-hydrogen) atoms. The molecule has 0 bridgehead atoms. The van der Waals surface area contributed by atoms with Crippen LogP contribution in [0.4, 0.5) is 17.1 Å². The van der Waals surface area contributed by atoms with Crippen molar-refractivity contribution in [2.24, 2.45) is 0 Å². The maximum Gasteiger partial charge on any atom is 0.227 e. The zero-order valence-corrected chi connectivity index (χ0v) is 27.8. The Bertz CT molecular complexity index is 3130. The Morgan fingerprint density at radius 2 is 1.02 bits per heavy atom. The summed E-state index contributed by atoms with van der Waals surface area (Å²) in [5.41, 5.74) is 11.1. The Hall–Kier alpha value is -7.11. The summed E-state index contributed by atoms with van der Waals surface area (Å²) in [4.78, 5) is 7.05. The summed E-state index contributed by atoms with van der Waals surface area (Å²) >= 11 is 0. The van der Waals surface area contributed by atoms with Crippen molar-refractivity contribution in [1.29, 1.82) is 0 Å². The van der Waals surface area contributed by atoms with Crippen molar-refractivity contribution in [3.05, 3.63) is 170 Å². The molecular weight excluding hydrogens is 641 g/mol. The van der Waals surface area contributed by atoms with Gasteiger partial charge in [-0.15, -0.1) is 0 Å². The van der Waals surface area contributed by atoms with Crippen molar-refractivity contribution < 1.29 is 13.3 Å². The van der Waals surface area contributed by atoms with Gasteiger partial charge in [0.05, 0.1) is 0 Å². The number of fused-ring (bicyclic) bond motifs is 8. The van der Waals surface area contributed by atoms with Gasteiger partial charge in [0.1, 0.15) is 27.8 Å². The molecule has 0 N–H and O–H groups in total. The molecule has 0 spiro atoms. The first-order valence-electron chi connectivity index (χ1n) is 17.4. The number of aromatic nitrogens is 1. The van der Waals surface area contributed by atoms with Crippen LogP contribution in [-0.2, 0) is 0 Å². The normalized spacial score (nSPS) is 11.8. The molecule has 8 aromatic carbocycles. The van der Waals surface area contributed by atoms with E-state index in [9.17, 15) is 0 Å². The third kappa shape index (κ3) is 4.53. The average Bonchev–Trinajstić information content (AvgIpc) is 3.90. The molecule has 0 unspecified atom stereocenters. The minimum absolute atomic E-state index is 0.590. The van der Waals surface area contributed by atoms with Crippen molar-refractivity contribution in [3.63, 3.8) is 0 Å². The summed E-state index contributed by atoms with van der Waals surface area (Å²) in [7, 11) is 0. The molecule has 0 atom stereocenters. The van der Waals surface area contributed by atoms with Gasteiger partial charge in [-0.1, -0.05) is 91.0 Å². The molecule has 0 saturated heterocycles. The monoisotopic (exact) mass is 668 g/mol. The van der Waals surface area contributed by atoms with Gasteiger partial charge in [-0.25, -0.2) is 4.98 Å². The highest BCUT2D eigenvalue weighted by atomic mass is 16.4. The summed E-state index contributed by atoms with van der Waals surface area (Å²) in [6.07, 6.45) is 0. The van der Waals surface area contributed by atoms with Crippen molar-refractivity contribution in [2.75, 3.05) is 4.90 Å². The highest BCUT2D eigenvalue weighted by molar-refractivity contribution is 6.11. The number of benzene rings is 8. The predicted octanol–water partition coefficient (Wildman–Crippen LogP) is 13.6. The zero-order valence-electron chi connectivity index (χ0n) is 27.8. The van der Waals surface area contributed by atoms with E-state index in [4.69, 9.17) is 18.2 Å². The summed E-state index contributed by atoms with van der Waals surface area (Å²) in [5, 5.41) is 6.63. The lowest BCUT2D eigenvalue weighted by Gasteiger charge is -2.26. The number of hydrogen-bond acceptors (Lipinski definition) is 5. The number of para-hydroxylation sites is 1. The maximum absolute atomic E-state index is 6.40. The predicted molar refractivity (Wildman–Crippen MR) is 212 cm³/mol. The van der Waals surface area contributed by atoms with Crippen LogP contribution < -0.4 is 4.90 Å². The van der Waals surface area contributed by atoms with Gasteiger partial charge in [0.25, 0.3) is 0 Å². The second-order valence-electron chi connectivity index (χ2n) is 13.2. The highest BCUT2D eigenvalue weighted by Gasteiger charge is 2.19. The van der Waals surface area contributed by atoms with Crippen LogP contribution in [0.1, 0.15) is 0 Å². The summed E-state index contributed by atoms with van der Waals surface area (Å²) in [6.45, 7) is 0. The van der Waals surface area contributed by atoms with Gasteiger partial charge in [0.2, 0.25) is 5.89 Å². The number of furan rings is 2. The number of rotatable bonds is 5. The van der Waals surface area contributed by atoms with Crippen LogP contribution >= 0.6 is 0 Å². The average molecular weight is 669 g/mol. The van der Waals surface area contributed by atoms with Gasteiger partial charge < -0.3 is 18.2 Å². The fourth-order valence-electron chi connectivity index (χ4n) is 7.60.